The smallest absolute Gasteiger partial charge is 0.331 e. The molecule has 0 aliphatic heterocycles. The summed E-state index contributed by atoms with van der Waals surface area (Å²) in [6, 6.07) is 6.53. The number of Topliss-reactive ketones (excluding diaryl/α,β-unsaturated/α-hetero) is 1. The summed E-state index contributed by atoms with van der Waals surface area (Å²) in [6.45, 7) is 1.93. The van der Waals surface area contributed by atoms with Crippen LogP contribution in [0.25, 0.3) is 6.08 Å². The molecule has 2 aromatic rings. The largest absolute Gasteiger partial charge is 0.491 e. The van der Waals surface area contributed by atoms with Crippen molar-refractivity contribution in [3.05, 3.63) is 50.1 Å². The molecular formula is C18H16Cl2O5S. The zero-order valence-corrected chi connectivity index (χ0v) is 16.4. The number of carbonyl (C=O) groups is 2. The third-order valence-electron chi connectivity index (χ3n) is 3.14. The first-order valence-corrected chi connectivity index (χ1v) is 9.15. The van der Waals surface area contributed by atoms with Gasteiger partial charge in [0.05, 0.1) is 28.0 Å². The first-order chi connectivity index (χ1) is 12.4. The number of hydrogen-bond acceptors (Lipinski definition) is 6. The highest BCUT2D eigenvalue weighted by atomic mass is 35.5. The van der Waals surface area contributed by atoms with Gasteiger partial charge in [-0.15, -0.1) is 11.3 Å². The molecule has 0 fully saturated rings. The molecular weight excluding hydrogens is 399 g/mol. The van der Waals surface area contributed by atoms with Crippen molar-refractivity contribution in [1.82, 2.24) is 0 Å². The predicted molar refractivity (Wildman–Crippen MR) is 103 cm³/mol. The van der Waals surface area contributed by atoms with E-state index in [4.69, 9.17) is 37.4 Å². The third kappa shape index (κ3) is 5.49. The summed E-state index contributed by atoms with van der Waals surface area (Å²) in [7, 11) is 1.49. The molecule has 0 amide bonds. The van der Waals surface area contributed by atoms with Gasteiger partial charge in [0.15, 0.2) is 18.1 Å². The number of esters is 1. The van der Waals surface area contributed by atoms with Crippen LogP contribution in [-0.4, -0.2) is 32.1 Å². The average Bonchev–Trinajstić information content (AvgIpc) is 3.04. The highest BCUT2D eigenvalue weighted by Gasteiger charge is 2.12. The van der Waals surface area contributed by atoms with Crippen molar-refractivity contribution in [1.29, 1.82) is 0 Å². The monoisotopic (exact) mass is 414 g/mol. The van der Waals surface area contributed by atoms with E-state index in [-0.39, 0.29) is 12.4 Å². The second-order valence-electron chi connectivity index (χ2n) is 4.94. The average molecular weight is 415 g/mol. The minimum atomic E-state index is -0.647. The van der Waals surface area contributed by atoms with Gasteiger partial charge in [-0.05, 0) is 42.8 Å². The number of methoxy groups -OCH3 is 1. The van der Waals surface area contributed by atoms with E-state index in [0.29, 0.717) is 37.9 Å². The number of thiophene rings is 1. The van der Waals surface area contributed by atoms with Crippen LogP contribution in [0.5, 0.6) is 11.5 Å². The Labute approximate surface area is 165 Å². The van der Waals surface area contributed by atoms with Crippen molar-refractivity contribution >= 4 is 52.4 Å². The van der Waals surface area contributed by atoms with E-state index < -0.39 is 5.97 Å². The maximum atomic E-state index is 11.9. The summed E-state index contributed by atoms with van der Waals surface area (Å²) in [5.74, 6) is -0.0607. The highest BCUT2D eigenvalue weighted by molar-refractivity contribution is 7.18. The van der Waals surface area contributed by atoms with Gasteiger partial charge in [-0.2, -0.15) is 0 Å². The summed E-state index contributed by atoms with van der Waals surface area (Å²) in [5.41, 5.74) is 0.632. The van der Waals surface area contributed by atoms with E-state index in [1.54, 1.807) is 24.3 Å². The van der Waals surface area contributed by atoms with E-state index in [2.05, 4.69) is 0 Å². The predicted octanol–water partition coefficient (Wildman–Crippen LogP) is 4.90. The minimum absolute atomic E-state index is 0.310. The third-order valence-corrected chi connectivity index (χ3v) is 4.69. The van der Waals surface area contributed by atoms with Gasteiger partial charge in [-0.25, -0.2) is 4.79 Å². The number of hydrogen-bond donors (Lipinski definition) is 0. The molecule has 0 saturated carbocycles. The Morgan fingerprint density at radius 2 is 2.00 bits per heavy atom. The number of benzene rings is 1. The van der Waals surface area contributed by atoms with E-state index >= 15 is 0 Å². The first kappa shape index (κ1) is 20.3. The fourth-order valence-electron chi connectivity index (χ4n) is 2.03. The van der Waals surface area contributed by atoms with Crippen LogP contribution in [0, 0.1) is 0 Å². The Morgan fingerprint density at radius 3 is 2.62 bits per heavy atom. The Kier molecular flexibility index (Phi) is 7.50. The van der Waals surface area contributed by atoms with Crippen LogP contribution in [-0.2, 0) is 9.53 Å². The van der Waals surface area contributed by atoms with Crippen molar-refractivity contribution in [2.24, 2.45) is 0 Å². The summed E-state index contributed by atoms with van der Waals surface area (Å²) in [4.78, 5) is 24.1. The first-order valence-electron chi connectivity index (χ1n) is 7.58. The fourth-order valence-corrected chi connectivity index (χ4v) is 3.29. The fraction of sp³-hybridized carbons (Fsp3) is 0.222. The van der Waals surface area contributed by atoms with Gasteiger partial charge in [-0.3, -0.25) is 4.79 Å². The van der Waals surface area contributed by atoms with Crippen molar-refractivity contribution in [2.75, 3.05) is 20.3 Å². The number of ketones is 1. The van der Waals surface area contributed by atoms with Crippen LogP contribution in [0.1, 0.15) is 22.2 Å². The Hall–Kier alpha value is -2.02. The van der Waals surface area contributed by atoms with Crippen molar-refractivity contribution in [2.45, 2.75) is 6.92 Å². The quantitative estimate of drug-likeness (QED) is 0.349. The zero-order valence-electron chi connectivity index (χ0n) is 14.1. The molecule has 2 rings (SSSR count). The summed E-state index contributed by atoms with van der Waals surface area (Å²) in [6.07, 6.45) is 2.73. The van der Waals surface area contributed by atoms with Gasteiger partial charge in [0, 0.05) is 6.08 Å². The van der Waals surface area contributed by atoms with Gasteiger partial charge in [0.2, 0.25) is 5.78 Å². The topological polar surface area (TPSA) is 61.8 Å². The van der Waals surface area contributed by atoms with Crippen LogP contribution in [0.3, 0.4) is 0 Å². The molecule has 0 aliphatic carbocycles. The maximum Gasteiger partial charge on any atom is 0.331 e. The van der Waals surface area contributed by atoms with Gasteiger partial charge < -0.3 is 14.2 Å². The number of carbonyl (C=O) groups excluding carboxylic acids is 2. The van der Waals surface area contributed by atoms with Crippen molar-refractivity contribution in [3.63, 3.8) is 0 Å². The highest BCUT2D eigenvalue weighted by Crippen LogP contribution is 2.36. The lowest BCUT2D eigenvalue weighted by Crippen LogP contribution is -2.11. The molecule has 5 nitrogen and oxygen atoms in total. The molecule has 8 heteroatoms. The molecule has 0 bridgehead atoms. The van der Waals surface area contributed by atoms with Gasteiger partial charge in [0.1, 0.15) is 0 Å². The minimum Gasteiger partial charge on any atom is -0.491 e. The summed E-state index contributed by atoms with van der Waals surface area (Å²) < 4.78 is 16.1. The molecule has 0 aliphatic rings. The normalized spacial score (nSPS) is 10.8. The van der Waals surface area contributed by atoms with Crippen LogP contribution in [0.4, 0.5) is 0 Å². The second-order valence-corrected chi connectivity index (χ2v) is 7.06. The molecule has 1 aromatic carbocycles. The number of ether oxygens (including phenoxy) is 3. The van der Waals surface area contributed by atoms with Crippen LogP contribution in [0.15, 0.2) is 30.3 Å². The maximum absolute atomic E-state index is 11.9. The molecule has 0 atom stereocenters. The molecule has 0 saturated heterocycles. The molecule has 0 spiro atoms. The lowest BCUT2D eigenvalue weighted by Gasteiger charge is -2.11. The molecule has 0 unspecified atom stereocenters. The van der Waals surface area contributed by atoms with Crippen LogP contribution < -0.4 is 9.47 Å². The lowest BCUT2D eigenvalue weighted by molar-refractivity contribution is -0.136. The Balaban J connectivity index is 2.00. The lowest BCUT2D eigenvalue weighted by atomic mass is 10.2. The van der Waals surface area contributed by atoms with E-state index in [9.17, 15) is 9.59 Å². The van der Waals surface area contributed by atoms with Gasteiger partial charge in [-0.1, -0.05) is 23.2 Å². The molecule has 138 valence electrons. The van der Waals surface area contributed by atoms with Gasteiger partial charge >= 0.3 is 5.97 Å². The molecule has 1 aromatic heterocycles. The van der Waals surface area contributed by atoms with E-state index in [1.807, 2.05) is 6.92 Å². The van der Waals surface area contributed by atoms with Crippen LogP contribution >= 0.6 is 34.5 Å². The molecule has 0 radical (unpaired) electrons. The zero-order chi connectivity index (χ0) is 19.1. The Bertz CT molecular complexity index is 829. The summed E-state index contributed by atoms with van der Waals surface area (Å²) >= 11 is 13.1. The number of rotatable bonds is 8. The molecule has 0 N–H and O–H groups in total. The number of halogens is 2. The van der Waals surface area contributed by atoms with Crippen molar-refractivity contribution in [3.8, 4) is 11.5 Å². The van der Waals surface area contributed by atoms with Crippen molar-refractivity contribution < 1.29 is 23.8 Å². The van der Waals surface area contributed by atoms with E-state index in [0.717, 1.165) is 11.3 Å². The van der Waals surface area contributed by atoms with Gasteiger partial charge in [0.25, 0.3) is 0 Å². The van der Waals surface area contributed by atoms with Crippen LogP contribution in [0.2, 0.25) is 9.36 Å². The standard InChI is InChI=1S/C18H16Cl2O5S/c1-3-24-14-9-11(8-12(19)18(14)23-2)4-7-17(22)25-10-13(21)15-5-6-16(20)26-15/h4-9H,3,10H2,1-2H3/b7-4+. The Morgan fingerprint density at radius 1 is 1.23 bits per heavy atom. The second kappa shape index (κ2) is 9.62. The summed E-state index contributed by atoms with van der Waals surface area (Å²) in [5, 5.41) is 0.358. The SMILES string of the molecule is CCOc1cc(/C=C/C(=O)OCC(=O)c2ccc(Cl)s2)cc(Cl)c1OC. The molecule has 26 heavy (non-hydrogen) atoms. The van der Waals surface area contributed by atoms with E-state index in [1.165, 1.54) is 19.3 Å². The molecule has 1 heterocycles.